The minimum atomic E-state index is -0.383. The Labute approximate surface area is 169 Å². The summed E-state index contributed by atoms with van der Waals surface area (Å²) in [5.74, 6) is 0.375. The number of ether oxygens (including phenoxy) is 2. The molecule has 2 aliphatic heterocycles. The van der Waals surface area contributed by atoms with Gasteiger partial charge < -0.3 is 13.9 Å². The van der Waals surface area contributed by atoms with Crippen LogP contribution in [0.25, 0.3) is 0 Å². The van der Waals surface area contributed by atoms with Crippen molar-refractivity contribution in [1.82, 2.24) is 9.80 Å². The maximum absolute atomic E-state index is 13.6. The Hall–Kier alpha value is -1.70. The highest BCUT2D eigenvalue weighted by molar-refractivity contribution is 6.30. The molecule has 28 heavy (non-hydrogen) atoms. The average Bonchev–Trinajstić information content (AvgIpc) is 3.28. The molecule has 2 fully saturated rings. The molecule has 0 radical (unpaired) electrons. The van der Waals surface area contributed by atoms with E-state index in [1.807, 2.05) is 18.2 Å². The van der Waals surface area contributed by atoms with Crippen LogP contribution < -0.4 is 0 Å². The summed E-state index contributed by atoms with van der Waals surface area (Å²) in [5, 5.41) is 0.668. The highest BCUT2D eigenvalue weighted by atomic mass is 35.5. The van der Waals surface area contributed by atoms with Crippen molar-refractivity contribution in [2.45, 2.75) is 12.1 Å². The van der Waals surface area contributed by atoms with Crippen LogP contribution in [0.4, 0.5) is 0 Å². The van der Waals surface area contributed by atoms with Crippen molar-refractivity contribution in [1.29, 1.82) is 0 Å². The molecule has 0 amide bonds. The molecule has 7 heteroatoms. The Morgan fingerprint density at radius 1 is 0.929 bits per heavy atom. The summed E-state index contributed by atoms with van der Waals surface area (Å²) in [7, 11) is 0. The average molecular weight is 405 g/mol. The summed E-state index contributed by atoms with van der Waals surface area (Å²) < 4.78 is 16.6. The third-order valence-electron chi connectivity index (χ3n) is 5.40. The normalized spacial score (nSPS) is 21.3. The zero-order valence-corrected chi connectivity index (χ0v) is 16.5. The number of ketones is 1. The Kier molecular flexibility index (Phi) is 6.44. The molecule has 1 aromatic heterocycles. The first-order valence-electron chi connectivity index (χ1n) is 9.71. The van der Waals surface area contributed by atoms with Crippen LogP contribution in [-0.2, 0) is 9.47 Å². The number of morpholine rings is 2. The Morgan fingerprint density at radius 2 is 1.61 bits per heavy atom. The predicted molar refractivity (Wildman–Crippen MR) is 106 cm³/mol. The van der Waals surface area contributed by atoms with Crippen LogP contribution in [0.2, 0.25) is 5.02 Å². The van der Waals surface area contributed by atoms with E-state index in [4.69, 9.17) is 25.5 Å². The molecule has 1 aromatic carbocycles. The molecule has 2 aliphatic rings. The predicted octanol–water partition coefficient (Wildman–Crippen LogP) is 2.89. The molecule has 2 saturated heterocycles. The standard InChI is InChI=1S/C21H25ClN2O4/c22-17-4-1-3-16(15-17)19(23-6-11-26-12-7-23)20(24-8-13-27-14-9-24)21(25)18-5-2-10-28-18/h1-5,10,15,19-20H,6-9,11-14H2. The molecule has 6 nitrogen and oxygen atoms in total. The van der Waals surface area contributed by atoms with E-state index in [9.17, 15) is 4.79 Å². The smallest absolute Gasteiger partial charge is 0.216 e. The molecular formula is C21H25ClN2O4. The quantitative estimate of drug-likeness (QED) is 0.690. The number of rotatable bonds is 6. The zero-order chi connectivity index (χ0) is 19.3. The summed E-state index contributed by atoms with van der Waals surface area (Å²) >= 11 is 6.32. The lowest BCUT2D eigenvalue weighted by Crippen LogP contribution is -2.55. The van der Waals surface area contributed by atoms with Crippen LogP contribution in [0.15, 0.2) is 47.1 Å². The van der Waals surface area contributed by atoms with Gasteiger partial charge in [-0.2, -0.15) is 0 Å². The van der Waals surface area contributed by atoms with Gasteiger partial charge in [0, 0.05) is 31.2 Å². The minimum Gasteiger partial charge on any atom is -0.461 e. The zero-order valence-electron chi connectivity index (χ0n) is 15.8. The Morgan fingerprint density at radius 3 is 2.21 bits per heavy atom. The summed E-state index contributed by atoms with van der Waals surface area (Å²) in [5.41, 5.74) is 1.03. The molecule has 0 aliphatic carbocycles. The first-order chi connectivity index (χ1) is 13.7. The number of carbonyl (C=O) groups is 1. The van der Waals surface area contributed by atoms with E-state index < -0.39 is 0 Å². The highest BCUT2D eigenvalue weighted by Crippen LogP contribution is 2.32. The van der Waals surface area contributed by atoms with Gasteiger partial charge in [0.05, 0.1) is 44.8 Å². The van der Waals surface area contributed by atoms with Crippen molar-refractivity contribution in [2.24, 2.45) is 0 Å². The van der Waals surface area contributed by atoms with Crippen molar-refractivity contribution in [3.05, 3.63) is 59.0 Å². The van der Waals surface area contributed by atoms with Gasteiger partial charge in [0.15, 0.2) is 5.76 Å². The van der Waals surface area contributed by atoms with Crippen LogP contribution in [0.1, 0.15) is 22.2 Å². The molecule has 0 saturated carbocycles. The van der Waals surface area contributed by atoms with E-state index in [1.54, 1.807) is 18.4 Å². The van der Waals surface area contributed by atoms with Gasteiger partial charge in [-0.15, -0.1) is 0 Å². The van der Waals surface area contributed by atoms with Gasteiger partial charge in [-0.3, -0.25) is 14.6 Å². The number of hydrogen-bond acceptors (Lipinski definition) is 6. The van der Waals surface area contributed by atoms with Gasteiger partial charge in [-0.25, -0.2) is 0 Å². The Bertz CT molecular complexity index is 770. The van der Waals surface area contributed by atoms with Gasteiger partial charge in [0.2, 0.25) is 5.78 Å². The fourth-order valence-corrected chi connectivity index (χ4v) is 4.27. The number of benzene rings is 1. The summed E-state index contributed by atoms with van der Waals surface area (Å²) in [6.07, 6.45) is 1.55. The van der Waals surface area contributed by atoms with Crippen molar-refractivity contribution in [2.75, 3.05) is 52.6 Å². The van der Waals surface area contributed by atoms with E-state index in [-0.39, 0.29) is 17.9 Å². The number of Topliss-reactive ketones (excluding diaryl/α,β-unsaturated/α-hetero) is 1. The number of hydrogen-bond donors (Lipinski definition) is 0. The SMILES string of the molecule is O=C(c1ccco1)C(C(c1cccc(Cl)c1)N1CCOCC1)N1CCOCC1. The topological polar surface area (TPSA) is 55.2 Å². The van der Waals surface area contributed by atoms with Crippen LogP contribution in [-0.4, -0.2) is 74.2 Å². The van der Waals surface area contributed by atoms with E-state index in [1.165, 1.54) is 0 Å². The van der Waals surface area contributed by atoms with E-state index in [2.05, 4.69) is 15.9 Å². The molecule has 0 N–H and O–H groups in total. The highest BCUT2D eigenvalue weighted by Gasteiger charge is 2.40. The maximum atomic E-state index is 13.6. The third kappa shape index (κ3) is 4.31. The van der Waals surface area contributed by atoms with Gasteiger partial charge in [-0.1, -0.05) is 23.7 Å². The van der Waals surface area contributed by atoms with Gasteiger partial charge in [-0.05, 0) is 29.8 Å². The lowest BCUT2D eigenvalue weighted by Gasteiger charge is -2.44. The second kappa shape index (κ2) is 9.20. The number of furan rings is 1. The minimum absolute atomic E-state index is 0.0108. The van der Waals surface area contributed by atoms with Crippen LogP contribution in [0.5, 0.6) is 0 Å². The van der Waals surface area contributed by atoms with Crippen molar-refractivity contribution in [3.63, 3.8) is 0 Å². The summed E-state index contributed by atoms with van der Waals surface area (Å²) in [6.45, 7) is 5.49. The van der Waals surface area contributed by atoms with Crippen molar-refractivity contribution in [3.8, 4) is 0 Å². The van der Waals surface area contributed by atoms with Gasteiger partial charge in [0.25, 0.3) is 0 Å². The molecule has 0 spiro atoms. The molecule has 150 valence electrons. The van der Waals surface area contributed by atoms with Crippen LogP contribution in [0.3, 0.4) is 0 Å². The fourth-order valence-electron chi connectivity index (χ4n) is 4.07. The summed E-state index contributed by atoms with van der Waals surface area (Å²) in [4.78, 5) is 18.1. The van der Waals surface area contributed by atoms with Crippen molar-refractivity contribution >= 4 is 17.4 Å². The monoisotopic (exact) mass is 404 g/mol. The van der Waals surface area contributed by atoms with Crippen molar-refractivity contribution < 1.29 is 18.7 Å². The third-order valence-corrected chi connectivity index (χ3v) is 5.64. The van der Waals surface area contributed by atoms with Gasteiger partial charge in [0.1, 0.15) is 0 Å². The molecular weight excluding hydrogens is 380 g/mol. The lowest BCUT2D eigenvalue weighted by atomic mass is 9.91. The molecule has 2 aromatic rings. The van der Waals surface area contributed by atoms with E-state index >= 15 is 0 Å². The van der Waals surface area contributed by atoms with E-state index in [0.717, 1.165) is 18.7 Å². The maximum Gasteiger partial charge on any atom is 0.216 e. The lowest BCUT2D eigenvalue weighted by molar-refractivity contribution is -0.0307. The van der Waals surface area contributed by atoms with Crippen LogP contribution in [0, 0.1) is 0 Å². The number of nitrogens with zero attached hydrogens (tertiary/aromatic N) is 2. The molecule has 4 rings (SSSR count). The van der Waals surface area contributed by atoms with Gasteiger partial charge >= 0.3 is 0 Å². The second-order valence-electron chi connectivity index (χ2n) is 7.08. The Balaban J connectivity index is 1.76. The first kappa shape index (κ1) is 19.6. The molecule has 0 bridgehead atoms. The fraction of sp³-hybridized carbons (Fsp3) is 0.476. The largest absolute Gasteiger partial charge is 0.461 e. The van der Waals surface area contributed by atoms with Crippen LogP contribution >= 0.6 is 11.6 Å². The molecule has 2 atom stereocenters. The second-order valence-corrected chi connectivity index (χ2v) is 7.52. The molecule has 3 heterocycles. The number of carbonyl (C=O) groups excluding carboxylic acids is 1. The number of halogens is 1. The first-order valence-corrected chi connectivity index (χ1v) is 10.1. The van der Waals surface area contributed by atoms with E-state index in [0.29, 0.717) is 50.3 Å². The molecule has 2 unspecified atom stereocenters. The summed E-state index contributed by atoms with van der Waals surface area (Å²) in [6, 6.07) is 10.8.